The van der Waals surface area contributed by atoms with Crippen molar-refractivity contribution in [2.24, 2.45) is 0 Å². The number of aryl methyl sites for hydroxylation is 2. The Kier molecular flexibility index (Phi) is 3.28. The molecule has 1 heterocycles. The Morgan fingerprint density at radius 1 is 1.05 bits per heavy atom. The van der Waals surface area contributed by atoms with Crippen LogP contribution < -0.4 is 0 Å². The molecular weight excluding hydrogens is 256 g/mol. The molecular formula is C16H17ClN2. The zero-order valence-electron chi connectivity index (χ0n) is 11.3. The molecule has 0 saturated heterocycles. The van der Waals surface area contributed by atoms with Gasteiger partial charge in [0.15, 0.2) is 5.15 Å². The van der Waals surface area contributed by atoms with E-state index in [4.69, 9.17) is 11.6 Å². The third kappa shape index (κ3) is 2.25. The van der Waals surface area contributed by atoms with Gasteiger partial charge in [-0.3, -0.25) is 0 Å². The first kappa shape index (κ1) is 12.6. The van der Waals surface area contributed by atoms with Crippen molar-refractivity contribution in [1.82, 2.24) is 9.97 Å². The molecule has 1 aromatic heterocycles. The van der Waals surface area contributed by atoms with Crippen LogP contribution in [0.25, 0.3) is 11.3 Å². The summed E-state index contributed by atoms with van der Waals surface area (Å²) < 4.78 is 0. The number of aromatic nitrogens is 2. The van der Waals surface area contributed by atoms with Crippen LogP contribution in [0, 0.1) is 13.8 Å². The Hall–Kier alpha value is -1.41. The molecule has 0 N–H and O–H groups in total. The summed E-state index contributed by atoms with van der Waals surface area (Å²) in [6, 6.07) is 8.45. The van der Waals surface area contributed by atoms with E-state index in [1.165, 1.54) is 24.8 Å². The predicted octanol–water partition coefficient (Wildman–Crippen LogP) is 4.68. The minimum absolute atomic E-state index is 0.509. The molecule has 1 fully saturated rings. The molecule has 3 rings (SSSR count). The lowest BCUT2D eigenvalue weighted by molar-refractivity contribution is 0.420. The molecule has 0 atom stereocenters. The van der Waals surface area contributed by atoms with Crippen molar-refractivity contribution in [3.8, 4) is 11.3 Å². The van der Waals surface area contributed by atoms with E-state index in [1.807, 2.05) is 19.9 Å². The molecule has 98 valence electrons. The number of benzene rings is 1. The highest BCUT2D eigenvalue weighted by Crippen LogP contribution is 2.41. The van der Waals surface area contributed by atoms with Crippen molar-refractivity contribution in [2.75, 3.05) is 0 Å². The summed E-state index contributed by atoms with van der Waals surface area (Å²) in [4.78, 5) is 9.05. The van der Waals surface area contributed by atoms with Crippen molar-refractivity contribution < 1.29 is 0 Å². The van der Waals surface area contributed by atoms with Gasteiger partial charge in [-0.1, -0.05) is 42.3 Å². The molecule has 0 spiro atoms. The number of halogens is 1. The lowest BCUT2D eigenvalue weighted by atomic mass is 9.78. The molecule has 0 bridgehead atoms. The van der Waals surface area contributed by atoms with Gasteiger partial charge in [-0.05, 0) is 38.2 Å². The van der Waals surface area contributed by atoms with Crippen molar-refractivity contribution >= 4 is 11.6 Å². The van der Waals surface area contributed by atoms with Crippen molar-refractivity contribution in [3.63, 3.8) is 0 Å². The number of hydrogen-bond acceptors (Lipinski definition) is 2. The van der Waals surface area contributed by atoms with Crippen molar-refractivity contribution in [1.29, 1.82) is 0 Å². The lowest BCUT2D eigenvalue weighted by Gasteiger charge is -2.28. The van der Waals surface area contributed by atoms with Crippen molar-refractivity contribution in [3.05, 3.63) is 46.4 Å². The lowest BCUT2D eigenvalue weighted by Crippen LogP contribution is -2.10. The fourth-order valence-electron chi connectivity index (χ4n) is 2.54. The number of hydrogen-bond donors (Lipinski definition) is 0. The average Bonchev–Trinajstić information content (AvgIpc) is 2.33. The average molecular weight is 273 g/mol. The van der Waals surface area contributed by atoms with Crippen LogP contribution in [0.15, 0.2) is 24.3 Å². The summed E-state index contributed by atoms with van der Waals surface area (Å²) >= 11 is 6.30. The minimum Gasteiger partial charge on any atom is -0.248 e. The molecule has 1 aliphatic carbocycles. The molecule has 1 saturated carbocycles. The smallest absolute Gasteiger partial charge is 0.155 e. The maximum absolute atomic E-state index is 6.30. The van der Waals surface area contributed by atoms with Gasteiger partial charge in [0.05, 0.1) is 11.4 Å². The molecule has 2 aromatic rings. The predicted molar refractivity (Wildman–Crippen MR) is 78.5 cm³/mol. The van der Waals surface area contributed by atoms with Gasteiger partial charge >= 0.3 is 0 Å². The van der Waals surface area contributed by atoms with Crippen molar-refractivity contribution in [2.45, 2.75) is 39.0 Å². The molecule has 19 heavy (non-hydrogen) atoms. The Bertz CT molecular complexity index is 618. The van der Waals surface area contributed by atoms with Gasteiger partial charge in [0, 0.05) is 5.56 Å². The highest BCUT2D eigenvalue weighted by molar-refractivity contribution is 6.31. The van der Waals surface area contributed by atoms with Crippen LogP contribution >= 0.6 is 11.6 Å². The van der Waals surface area contributed by atoms with Crippen LogP contribution in [-0.4, -0.2) is 9.97 Å². The normalized spacial score (nSPS) is 15.3. The topological polar surface area (TPSA) is 25.8 Å². The molecule has 3 heteroatoms. The second-order valence-corrected chi connectivity index (χ2v) is 5.61. The molecule has 1 aliphatic rings. The Morgan fingerprint density at radius 3 is 2.42 bits per heavy atom. The van der Waals surface area contributed by atoms with E-state index < -0.39 is 0 Å². The largest absolute Gasteiger partial charge is 0.248 e. The van der Waals surface area contributed by atoms with E-state index >= 15 is 0 Å². The molecule has 0 radical (unpaired) electrons. The molecule has 0 aliphatic heterocycles. The second-order valence-electron chi connectivity index (χ2n) is 5.25. The minimum atomic E-state index is 0.509. The molecule has 0 amide bonds. The quantitative estimate of drug-likeness (QED) is 0.793. The third-order valence-corrected chi connectivity index (χ3v) is 4.29. The summed E-state index contributed by atoms with van der Waals surface area (Å²) in [6.07, 6.45) is 3.87. The van der Waals surface area contributed by atoms with Crippen LogP contribution in [0.4, 0.5) is 0 Å². The van der Waals surface area contributed by atoms with E-state index in [1.54, 1.807) is 0 Å². The summed E-state index contributed by atoms with van der Waals surface area (Å²) in [5.74, 6) is 0.663. The van der Waals surface area contributed by atoms with E-state index in [-0.39, 0.29) is 0 Å². The van der Waals surface area contributed by atoms with Gasteiger partial charge in [-0.15, -0.1) is 0 Å². The Balaban J connectivity index is 2.14. The summed E-state index contributed by atoms with van der Waals surface area (Å²) in [6.45, 7) is 3.92. The maximum Gasteiger partial charge on any atom is 0.155 e. The van der Waals surface area contributed by atoms with E-state index in [0.29, 0.717) is 11.1 Å². The standard InChI is InChI=1S/C16H17ClN2/c1-10-11(2)19-16(17)15(18-10)14-9-4-3-8-13(14)12-6-5-7-12/h3-4,8-9,12H,5-7H2,1-2H3. The van der Waals surface area contributed by atoms with Gasteiger partial charge in [0.2, 0.25) is 0 Å². The highest BCUT2D eigenvalue weighted by Gasteiger charge is 2.23. The van der Waals surface area contributed by atoms with Gasteiger partial charge in [0.25, 0.3) is 0 Å². The molecule has 0 unspecified atom stereocenters. The second kappa shape index (κ2) is 4.93. The van der Waals surface area contributed by atoms with Gasteiger partial charge in [0.1, 0.15) is 5.69 Å². The highest BCUT2D eigenvalue weighted by atomic mass is 35.5. The SMILES string of the molecule is Cc1nc(Cl)c(-c2ccccc2C2CCC2)nc1C. The van der Waals surface area contributed by atoms with Gasteiger partial charge in [-0.2, -0.15) is 0 Å². The maximum atomic E-state index is 6.30. The Labute approximate surface area is 118 Å². The number of nitrogens with zero attached hydrogens (tertiary/aromatic N) is 2. The van der Waals surface area contributed by atoms with E-state index in [9.17, 15) is 0 Å². The van der Waals surface area contributed by atoms with Crippen LogP contribution in [0.5, 0.6) is 0 Å². The molecule has 2 nitrogen and oxygen atoms in total. The fraction of sp³-hybridized carbons (Fsp3) is 0.375. The number of rotatable bonds is 2. The summed E-state index contributed by atoms with van der Waals surface area (Å²) in [5, 5.41) is 0.509. The first-order valence-corrected chi connectivity index (χ1v) is 7.14. The summed E-state index contributed by atoms with van der Waals surface area (Å²) in [7, 11) is 0. The zero-order valence-corrected chi connectivity index (χ0v) is 12.0. The van der Waals surface area contributed by atoms with Crippen LogP contribution in [0.1, 0.15) is 42.1 Å². The van der Waals surface area contributed by atoms with Crippen LogP contribution in [0.2, 0.25) is 5.15 Å². The first-order chi connectivity index (χ1) is 9.16. The Morgan fingerprint density at radius 2 is 1.74 bits per heavy atom. The van der Waals surface area contributed by atoms with Gasteiger partial charge in [-0.25, -0.2) is 9.97 Å². The fourth-order valence-corrected chi connectivity index (χ4v) is 2.81. The molecule has 1 aromatic carbocycles. The zero-order chi connectivity index (χ0) is 13.4. The van der Waals surface area contributed by atoms with Crippen LogP contribution in [0.3, 0.4) is 0 Å². The van der Waals surface area contributed by atoms with E-state index in [2.05, 4.69) is 28.2 Å². The monoisotopic (exact) mass is 272 g/mol. The first-order valence-electron chi connectivity index (χ1n) is 6.77. The summed E-state index contributed by atoms with van der Waals surface area (Å²) in [5.41, 5.74) is 5.19. The third-order valence-electron chi connectivity index (χ3n) is 4.03. The van der Waals surface area contributed by atoms with E-state index in [0.717, 1.165) is 22.6 Å². The van der Waals surface area contributed by atoms with Gasteiger partial charge < -0.3 is 0 Å². The van der Waals surface area contributed by atoms with Crippen LogP contribution in [-0.2, 0) is 0 Å².